The summed E-state index contributed by atoms with van der Waals surface area (Å²) >= 11 is 0. The van der Waals surface area contributed by atoms with Gasteiger partial charge in [0.1, 0.15) is 6.17 Å². The molecule has 0 radical (unpaired) electrons. The van der Waals surface area contributed by atoms with Gasteiger partial charge in [0.2, 0.25) is 0 Å². The average Bonchev–Trinajstić information content (AvgIpc) is 2.44. The first-order valence-corrected chi connectivity index (χ1v) is 6.67. The zero-order valence-electron chi connectivity index (χ0n) is 11.6. The molecule has 3 nitrogen and oxygen atoms in total. The van der Waals surface area contributed by atoms with Gasteiger partial charge in [-0.05, 0) is 12.0 Å². The van der Waals surface area contributed by atoms with E-state index in [0.29, 0.717) is 16.6 Å². The van der Waals surface area contributed by atoms with E-state index in [1.54, 1.807) is 18.2 Å². The lowest BCUT2D eigenvalue weighted by molar-refractivity contribution is -0.0585. The molecule has 0 fully saturated rings. The normalized spacial score (nSPS) is 18.4. The van der Waals surface area contributed by atoms with Gasteiger partial charge in [-0.15, -0.1) is 0 Å². The van der Waals surface area contributed by atoms with Crippen molar-refractivity contribution in [2.24, 2.45) is 10.9 Å². The molecule has 0 amide bonds. The van der Waals surface area contributed by atoms with Crippen molar-refractivity contribution < 1.29 is 13.2 Å². The number of anilines is 1. The number of pyridine rings is 1. The molecular formula is C15H14F3N3. The van der Waals surface area contributed by atoms with Crippen molar-refractivity contribution in [3.63, 3.8) is 0 Å². The Morgan fingerprint density at radius 1 is 1.19 bits per heavy atom. The molecular weight excluding hydrogens is 279 g/mol. The molecule has 1 atom stereocenters. The molecule has 0 aliphatic carbocycles. The fraction of sp³-hybridized carbons (Fsp3) is 0.333. The fourth-order valence-corrected chi connectivity index (χ4v) is 2.41. The van der Waals surface area contributed by atoms with E-state index in [0.717, 1.165) is 0 Å². The lowest BCUT2D eigenvalue weighted by Crippen LogP contribution is -2.36. The summed E-state index contributed by atoms with van der Waals surface area (Å²) in [6.07, 6.45) is -3.85. The Hall–Kier alpha value is -2.11. The maximum atomic E-state index is 13.3. The van der Waals surface area contributed by atoms with Crippen LogP contribution in [0.25, 0.3) is 10.9 Å². The summed E-state index contributed by atoms with van der Waals surface area (Å²) in [5, 5.41) is 3.79. The quantitative estimate of drug-likeness (QED) is 0.863. The monoisotopic (exact) mass is 293 g/mol. The van der Waals surface area contributed by atoms with Gasteiger partial charge in [0, 0.05) is 17.1 Å². The van der Waals surface area contributed by atoms with Crippen molar-refractivity contribution in [2.75, 3.05) is 5.32 Å². The number of para-hydroxylation sites is 1. The Labute approximate surface area is 119 Å². The number of nitrogens with zero attached hydrogens (tertiary/aromatic N) is 2. The minimum atomic E-state index is -4.49. The zero-order chi connectivity index (χ0) is 15.2. The number of hydrogen-bond acceptors (Lipinski definition) is 3. The summed E-state index contributed by atoms with van der Waals surface area (Å²) in [6.45, 7) is 3.67. The molecule has 2 heterocycles. The maximum Gasteiger partial charge on any atom is 0.433 e. The lowest BCUT2D eigenvalue weighted by atomic mass is 10.0. The molecule has 0 bridgehead atoms. The van der Waals surface area contributed by atoms with Crippen LogP contribution >= 0.6 is 0 Å². The maximum absolute atomic E-state index is 13.3. The largest absolute Gasteiger partial charge is 0.433 e. The third kappa shape index (κ3) is 2.34. The predicted molar refractivity (Wildman–Crippen MR) is 76.6 cm³/mol. The highest BCUT2D eigenvalue weighted by Gasteiger charge is 2.41. The van der Waals surface area contributed by atoms with Crippen molar-refractivity contribution in [1.82, 2.24) is 4.98 Å². The summed E-state index contributed by atoms with van der Waals surface area (Å²) in [6, 6.07) is 7.14. The molecule has 6 heteroatoms. The van der Waals surface area contributed by atoms with E-state index >= 15 is 0 Å². The van der Waals surface area contributed by atoms with E-state index < -0.39 is 18.1 Å². The molecule has 1 aliphatic heterocycles. The SMILES string of the molecule is CC(C)C1N=C(C(F)(F)F)c2cnc3ccccc3c2N1. The van der Waals surface area contributed by atoms with Crippen molar-refractivity contribution in [2.45, 2.75) is 26.2 Å². The van der Waals surface area contributed by atoms with Crippen LogP contribution in [0.15, 0.2) is 35.5 Å². The first-order chi connectivity index (χ1) is 9.88. The first-order valence-electron chi connectivity index (χ1n) is 6.67. The van der Waals surface area contributed by atoms with Crippen LogP contribution < -0.4 is 5.32 Å². The second-order valence-electron chi connectivity index (χ2n) is 5.37. The number of rotatable bonds is 1. The topological polar surface area (TPSA) is 37.3 Å². The molecule has 0 saturated carbocycles. The second-order valence-corrected chi connectivity index (χ2v) is 5.37. The van der Waals surface area contributed by atoms with Gasteiger partial charge in [-0.3, -0.25) is 9.98 Å². The standard InChI is InChI=1S/C15H14F3N3/c1-8(2)14-20-12-9-5-3-4-6-11(9)19-7-10(12)13(21-14)15(16,17)18/h3-8,14,20H,1-2H3. The van der Waals surface area contributed by atoms with Crippen LogP contribution in [0.1, 0.15) is 19.4 Å². The molecule has 1 aromatic heterocycles. The number of fused-ring (bicyclic) bond motifs is 3. The Morgan fingerprint density at radius 2 is 1.90 bits per heavy atom. The number of benzene rings is 1. The third-order valence-electron chi connectivity index (χ3n) is 3.49. The summed E-state index contributed by atoms with van der Waals surface area (Å²) in [5.41, 5.74) is 0.280. The number of nitrogens with one attached hydrogen (secondary N) is 1. The second kappa shape index (κ2) is 4.72. The zero-order valence-corrected chi connectivity index (χ0v) is 11.6. The van der Waals surface area contributed by atoms with Gasteiger partial charge in [0.05, 0.1) is 11.2 Å². The van der Waals surface area contributed by atoms with Gasteiger partial charge < -0.3 is 5.32 Å². The van der Waals surface area contributed by atoms with E-state index in [1.807, 2.05) is 19.9 Å². The molecule has 1 unspecified atom stereocenters. The minimum absolute atomic E-state index is 0.0121. The minimum Gasteiger partial charge on any atom is -0.362 e. The number of aromatic nitrogens is 1. The van der Waals surface area contributed by atoms with E-state index in [1.165, 1.54) is 6.20 Å². The highest BCUT2D eigenvalue weighted by molar-refractivity contribution is 6.14. The van der Waals surface area contributed by atoms with Gasteiger partial charge in [0.15, 0.2) is 5.71 Å². The van der Waals surface area contributed by atoms with Crippen molar-refractivity contribution in [3.8, 4) is 0 Å². The van der Waals surface area contributed by atoms with Crippen LogP contribution in [0.5, 0.6) is 0 Å². The highest BCUT2D eigenvalue weighted by Crippen LogP contribution is 2.36. The van der Waals surface area contributed by atoms with Gasteiger partial charge in [-0.25, -0.2) is 0 Å². The number of aliphatic imine (C=N–C) groups is 1. The van der Waals surface area contributed by atoms with Crippen LogP contribution in [0, 0.1) is 5.92 Å². The summed E-state index contributed by atoms with van der Waals surface area (Å²) < 4.78 is 39.8. The molecule has 1 N–H and O–H groups in total. The van der Waals surface area contributed by atoms with Gasteiger partial charge in [0.25, 0.3) is 0 Å². The number of hydrogen-bond donors (Lipinski definition) is 1. The van der Waals surface area contributed by atoms with Crippen molar-refractivity contribution >= 4 is 22.3 Å². The van der Waals surface area contributed by atoms with Crippen molar-refractivity contribution in [1.29, 1.82) is 0 Å². The van der Waals surface area contributed by atoms with E-state index in [-0.39, 0.29) is 11.5 Å². The molecule has 21 heavy (non-hydrogen) atoms. The average molecular weight is 293 g/mol. The van der Waals surface area contributed by atoms with Crippen molar-refractivity contribution in [3.05, 3.63) is 36.0 Å². The van der Waals surface area contributed by atoms with Gasteiger partial charge in [-0.2, -0.15) is 13.2 Å². The van der Waals surface area contributed by atoms with E-state index in [2.05, 4.69) is 15.3 Å². The first kappa shape index (κ1) is 13.9. The molecule has 0 spiro atoms. The van der Waals surface area contributed by atoms with Crippen LogP contribution in [0.4, 0.5) is 18.9 Å². The van der Waals surface area contributed by atoms with Crippen LogP contribution in [-0.4, -0.2) is 23.0 Å². The van der Waals surface area contributed by atoms with Gasteiger partial charge in [-0.1, -0.05) is 32.0 Å². The molecule has 0 saturated heterocycles. The molecule has 2 aromatic rings. The smallest absolute Gasteiger partial charge is 0.362 e. The van der Waals surface area contributed by atoms with Crippen LogP contribution in [0.3, 0.4) is 0 Å². The summed E-state index contributed by atoms with van der Waals surface area (Å²) in [7, 11) is 0. The molecule has 110 valence electrons. The molecule has 1 aliphatic rings. The Kier molecular flexibility index (Phi) is 3.11. The van der Waals surface area contributed by atoms with E-state index in [4.69, 9.17) is 0 Å². The third-order valence-corrected chi connectivity index (χ3v) is 3.49. The molecule has 1 aromatic carbocycles. The van der Waals surface area contributed by atoms with E-state index in [9.17, 15) is 13.2 Å². The lowest BCUT2D eigenvalue weighted by Gasteiger charge is -2.29. The molecule has 3 rings (SSSR count). The highest BCUT2D eigenvalue weighted by atomic mass is 19.4. The summed E-state index contributed by atoms with van der Waals surface area (Å²) in [5.74, 6) is -0.0533. The number of halogens is 3. The predicted octanol–water partition coefficient (Wildman–Crippen LogP) is 3.99. The van der Waals surface area contributed by atoms with Crippen LogP contribution in [0.2, 0.25) is 0 Å². The fourth-order valence-electron chi connectivity index (χ4n) is 2.41. The summed E-state index contributed by atoms with van der Waals surface area (Å²) in [4.78, 5) is 7.95. The Morgan fingerprint density at radius 3 is 2.57 bits per heavy atom. The Bertz CT molecular complexity index is 720. The Balaban J connectivity index is 2.27. The van der Waals surface area contributed by atoms with Gasteiger partial charge >= 0.3 is 6.18 Å². The number of alkyl halides is 3. The van der Waals surface area contributed by atoms with Crippen LogP contribution in [-0.2, 0) is 0 Å².